The van der Waals surface area contributed by atoms with E-state index in [1.807, 2.05) is 19.1 Å². The predicted molar refractivity (Wildman–Crippen MR) is 57.1 cm³/mol. The first-order valence-electron chi connectivity index (χ1n) is 4.84. The smallest absolute Gasteiger partial charge is 0.251 e. The molecule has 0 aliphatic carbocycles. The normalized spacial score (nSPS) is 13.3. The van der Waals surface area contributed by atoms with Gasteiger partial charge in [-0.25, -0.2) is 0 Å². The molecule has 1 aromatic heterocycles. The fourth-order valence-electron chi connectivity index (χ4n) is 1.11. The van der Waals surface area contributed by atoms with Crippen LogP contribution in [0, 0.1) is 0 Å². The number of carbonyl (C=O) groups excluding carboxylic acids is 1. The van der Waals surface area contributed by atoms with Crippen LogP contribution in [0.5, 0.6) is 0 Å². The van der Waals surface area contributed by atoms with Crippen LogP contribution in [0.1, 0.15) is 32.4 Å². The van der Waals surface area contributed by atoms with Gasteiger partial charge in [-0.15, -0.1) is 0 Å². The second kappa shape index (κ2) is 4.40. The molecule has 1 amide bonds. The van der Waals surface area contributed by atoms with Crippen molar-refractivity contribution in [2.24, 2.45) is 0 Å². The Morgan fingerprint density at radius 2 is 2.00 bits per heavy atom. The Balaban J connectivity index is 2.65. The monoisotopic (exact) mass is 208 g/mol. The molecule has 82 valence electrons. The second-order valence-electron chi connectivity index (χ2n) is 4.03. The van der Waals surface area contributed by atoms with Crippen molar-refractivity contribution < 1.29 is 9.90 Å². The highest BCUT2D eigenvalue weighted by molar-refractivity contribution is 5.84. The molecule has 1 unspecified atom stereocenters. The molecule has 0 saturated carbocycles. The number of rotatable bonds is 3. The van der Waals surface area contributed by atoms with Gasteiger partial charge >= 0.3 is 0 Å². The summed E-state index contributed by atoms with van der Waals surface area (Å²) in [6.45, 7) is 4.78. The first-order chi connectivity index (χ1) is 6.91. The first-order valence-corrected chi connectivity index (χ1v) is 4.84. The van der Waals surface area contributed by atoms with Crippen LogP contribution in [0.2, 0.25) is 0 Å². The standard InChI is InChI=1S/C11H16N2O2/c1-8(9-4-6-12-7-5-9)13-10(14)11(2,3)15/h4-8,15H,1-3H3,(H,13,14). The van der Waals surface area contributed by atoms with Crippen molar-refractivity contribution in [3.8, 4) is 0 Å². The van der Waals surface area contributed by atoms with Crippen LogP contribution in [-0.2, 0) is 4.79 Å². The molecule has 1 atom stereocenters. The van der Waals surface area contributed by atoms with Gasteiger partial charge in [0, 0.05) is 12.4 Å². The number of amides is 1. The van der Waals surface area contributed by atoms with E-state index in [9.17, 15) is 9.90 Å². The molecule has 0 fully saturated rings. The summed E-state index contributed by atoms with van der Waals surface area (Å²) in [5.41, 5.74) is -0.385. The molecular weight excluding hydrogens is 192 g/mol. The minimum atomic E-state index is -1.35. The molecule has 1 aromatic rings. The Labute approximate surface area is 89.3 Å². The lowest BCUT2D eigenvalue weighted by Crippen LogP contribution is -2.42. The summed E-state index contributed by atoms with van der Waals surface area (Å²) in [5.74, 6) is -0.383. The van der Waals surface area contributed by atoms with Crippen LogP contribution in [0.3, 0.4) is 0 Å². The van der Waals surface area contributed by atoms with Crippen molar-refractivity contribution in [1.82, 2.24) is 10.3 Å². The average Bonchev–Trinajstić information content (AvgIpc) is 2.17. The van der Waals surface area contributed by atoms with Crippen molar-refractivity contribution in [2.45, 2.75) is 32.4 Å². The van der Waals surface area contributed by atoms with E-state index in [1.165, 1.54) is 13.8 Å². The molecule has 1 rings (SSSR count). The number of nitrogens with zero attached hydrogens (tertiary/aromatic N) is 1. The molecule has 0 saturated heterocycles. The molecule has 0 aromatic carbocycles. The fraction of sp³-hybridized carbons (Fsp3) is 0.455. The summed E-state index contributed by atoms with van der Waals surface area (Å²) in [7, 11) is 0. The van der Waals surface area contributed by atoms with Gasteiger partial charge in [0.25, 0.3) is 5.91 Å². The van der Waals surface area contributed by atoms with Gasteiger partial charge in [-0.05, 0) is 38.5 Å². The minimum Gasteiger partial charge on any atom is -0.381 e. The lowest BCUT2D eigenvalue weighted by Gasteiger charge is -2.21. The van der Waals surface area contributed by atoms with Crippen LogP contribution in [0.25, 0.3) is 0 Å². The molecule has 2 N–H and O–H groups in total. The summed E-state index contributed by atoms with van der Waals surface area (Å²) >= 11 is 0. The number of hydrogen-bond donors (Lipinski definition) is 2. The summed E-state index contributed by atoms with van der Waals surface area (Å²) in [5, 5.41) is 12.2. The van der Waals surface area contributed by atoms with E-state index in [0.29, 0.717) is 0 Å². The van der Waals surface area contributed by atoms with Crippen LogP contribution in [0.4, 0.5) is 0 Å². The van der Waals surface area contributed by atoms with Gasteiger partial charge in [0.1, 0.15) is 5.60 Å². The van der Waals surface area contributed by atoms with Gasteiger partial charge in [-0.2, -0.15) is 0 Å². The Hall–Kier alpha value is -1.42. The van der Waals surface area contributed by atoms with E-state index in [1.54, 1.807) is 12.4 Å². The second-order valence-corrected chi connectivity index (χ2v) is 4.03. The van der Waals surface area contributed by atoms with Gasteiger partial charge in [0.15, 0.2) is 0 Å². The SMILES string of the molecule is CC(NC(=O)C(C)(C)O)c1ccncc1. The van der Waals surface area contributed by atoms with Crippen LogP contribution < -0.4 is 5.32 Å². The van der Waals surface area contributed by atoms with Crippen molar-refractivity contribution in [2.75, 3.05) is 0 Å². The van der Waals surface area contributed by atoms with Gasteiger partial charge < -0.3 is 10.4 Å². The average molecular weight is 208 g/mol. The highest BCUT2D eigenvalue weighted by Crippen LogP contribution is 2.12. The third kappa shape index (κ3) is 3.32. The highest BCUT2D eigenvalue weighted by Gasteiger charge is 2.25. The lowest BCUT2D eigenvalue weighted by molar-refractivity contribution is -0.137. The maximum atomic E-state index is 11.5. The molecule has 1 heterocycles. The summed E-state index contributed by atoms with van der Waals surface area (Å²) in [6, 6.07) is 3.52. The number of hydrogen-bond acceptors (Lipinski definition) is 3. The Morgan fingerprint density at radius 1 is 1.47 bits per heavy atom. The van der Waals surface area contributed by atoms with Crippen LogP contribution in [0.15, 0.2) is 24.5 Å². The highest BCUT2D eigenvalue weighted by atomic mass is 16.3. The van der Waals surface area contributed by atoms with Gasteiger partial charge in [-0.1, -0.05) is 0 Å². The van der Waals surface area contributed by atoms with Crippen molar-refractivity contribution in [3.63, 3.8) is 0 Å². The van der Waals surface area contributed by atoms with E-state index in [0.717, 1.165) is 5.56 Å². The third-order valence-electron chi connectivity index (χ3n) is 2.11. The molecule has 0 radical (unpaired) electrons. The molecule has 0 bridgehead atoms. The van der Waals surface area contributed by atoms with E-state index in [-0.39, 0.29) is 11.9 Å². The first kappa shape index (κ1) is 11.7. The molecule has 0 aliphatic heterocycles. The summed E-state index contributed by atoms with van der Waals surface area (Å²) in [4.78, 5) is 15.4. The van der Waals surface area contributed by atoms with E-state index in [4.69, 9.17) is 0 Å². The molecule has 4 heteroatoms. The Morgan fingerprint density at radius 3 is 2.47 bits per heavy atom. The van der Waals surface area contributed by atoms with Crippen LogP contribution >= 0.6 is 0 Å². The van der Waals surface area contributed by atoms with Crippen molar-refractivity contribution in [3.05, 3.63) is 30.1 Å². The number of aliphatic hydroxyl groups is 1. The maximum Gasteiger partial charge on any atom is 0.251 e. The number of nitrogens with one attached hydrogen (secondary N) is 1. The zero-order valence-electron chi connectivity index (χ0n) is 9.19. The van der Waals surface area contributed by atoms with E-state index < -0.39 is 5.60 Å². The molecule has 0 aliphatic rings. The van der Waals surface area contributed by atoms with Crippen molar-refractivity contribution in [1.29, 1.82) is 0 Å². The Kier molecular flexibility index (Phi) is 3.42. The quantitative estimate of drug-likeness (QED) is 0.779. The number of carbonyl (C=O) groups is 1. The van der Waals surface area contributed by atoms with E-state index in [2.05, 4.69) is 10.3 Å². The third-order valence-corrected chi connectivity index (χ3v) is 2.11. The minimum absolute atomic E-state index is 0.132. The topological polar surface area (TPSA) is 62.2 Å². The fourth-order valence-corrected chi connectivity index (χ4v) is 1.11. The zero-order chi connectivity index (χ0) is 11.5. The summed E-state index contributed by atoms with van der Waals surface area (Å²) < 4.78 is 0. The van der Waals surface area contributed by atoms with Crippen molar-refractivity contribution >= 4 is 5.91 Å². The zero-order valence-corrected chi connectivity index (χ0v) is 9.19. The maximum absolute atomic E-state index is 11.5. The largest absolute Gasteiger partial charge is 0.381 e. The molecule has 0 spiro atoms. The summed E-state index contributed by atoms with van der Waals surface area (Å²) in [6.07, 6.45) is 3.34. The molecule has 15 heavy (non-hydrogen) atoms. The Bertz CT molecular complexity index is 330. The number of aromatic nitrogens is 1. The lowest BCUT2D eigenvalue weighted by atomic mass is 10.1. The number of pyridine rings is 1. The molecular formula is C11H16N2O2. The van der Waals surface area contributed by atoms with Gasteiger partial charge in [0.2, 0.25) is 0 Å². The van der Waals surface area contributed by atoms with Gasteiger partial charge in [0.05, 0.1) is 6.04 Å². The predicted octanol–water partition coefficient (Wildman–Crippen LogP) is 1.03. The molecule has 4 nitrogen and oxygen atoms in total. The van der Waals surface area contributed by atoms with Gasteiger partial charge in [-0.3, -0.25) is 9.78 Å². The van der Waals surface area contributed by atoms with Crippen LogP contribution in [-0.4, -0.2) is 21.6 Å². The van der Waals surface area contributed by atoms with E-state index >= 15 is 0 Å².